The number of hydrogen-bond acceptors (Lipinski definition) is 4. The minimum absolute atomic E-state index is 0.153. The summed E-state index contributed by atoms with van der Waals surface area (Å²) in [5.41, 5.74) is 2.24. The number of carbonyl (C=O) groups excluding carboxylic acids is 1. The highest BCUT2D eigenvalue weighted by molar-refractivity contribution is 8.00. The van der Waals surface area contributed by atoms with Gasteiger partial charge in [-0.2, -0.15) is 0 Å². The number of aryl methyl sites for hydroxylation is 1. The van der Waals surface area contributed by atoms with Gasteiger partial charge in [0, 0.05) is 6.54 Å². The molecule has 168 valence electrons. The number of benzene rings is 3. The summed E-state index contributed by atoms with van der Waals surface area (Å²) < 4.78 is 15.7. The minimum Gasteiger partial charge on any atom is -0.355 e. The van der Waals surface area contributed by atoms with Crippen LogP contribution in [0.5, 0.6) is 0 Å². The topological polar surface area (TPSA) is 64.0 Å². The molecule has 33 heavy (non-hydrogen) atoms. The van der Waals surface area contributed by atoms with Crippen molar-refractivity contribution < 1.29 is 9.18 Å². The van der Waals surface area contributed by atoms with Crippen molar-refractivity contribution in [1.82, 2.24) is 14.9 Å². The van der Waals surface area contributed by atoms with Crippen LogP contribution in [0.15, 0.2) is 82.7 Å². The van der Waals surface area contributed by atoms with Crippen LogP contribution in [0.25, 0.3) is 16.6 Å². The molecule has 1 unspecified atom stereocenters. The number of fused-ring (bicyclic) bond motifs is 1. The van der Waals surface area contributed by atoms with Gasteiger partial charge in [0.2, 0.25) is 5.91 Å². The first-order valence-electron chi connectivity index (χ1n) is 10.7. The number of halogens is 1. The number of thioether (sulfide) groups is 1. The molecule has 0 aliphatic rings. The van der Waals surface area contributed by atoms with Crippen LogP contribution in [0, 0.1) is 12.7 Å². The maximum atomic E-state index is 14.3. The largest absolute Gasteiger partial charge is 0.355 e. The van der Waals surface area contributed by atoms with Gasteiger partial charge in [0.15, 0.2) is 5.16 Å². The fourth-order valence-corrected chi connectivity index (χ4v) is 4.42. The van der Waals surface area contributed by atoms with Crippen molar-refractivity contribution in [1.29, 1.82) is 0 Å². The molecule has 5 nitrogen and oxygen atoms in total. The van der Waals surface area contributed by atoms with E-state index in [0.29, 0.717) is 33.9 Å². The second-order valence-corrected chi connectivity index (χ2v) is 9.08. The van der Waals surface area contributed by atoms with Gasteiger partial charge in [-0.25, -0.2) is 9.37 Å². The Bertz CT molecular complexity index is 1360. The van der Waals surface area contributed by atoms with Gasteiger partial charge >= 0.3 is 0 Å². The van der Waals surface area contributed by atoms with E-state index in [-0.39, 0.29) is 11.5 Å². The van der Waals surface area contributed by atoms with E-state index in [1.165, 1.54) is 22.4 Å². The maximum absolute atomic E-state index is 14.3. The van der Waals surface area contributed by atoms with Crippen LogP contribution >= 0.6 is 11.8 Å². The molecule has 4 aromatic rings. The van der Waals surface area contributed by atoms with Crippen molar-refractivity contribution in [2.45, 2.75) is 30.7 Å². The van der Waals surface area contributed by atoms with Crippen molar-refractivity contribution >= 4 is 28.6 Å². The average Bonchev–Trinajstić information content (AvgIpc) is 2.82. The lowest BCUT2D eigenvalue weighted by atomic mass is 10.1. The number of aromatic nitrogens is 2. The smallest absolute Gasteiger partial charge is 0.266 e. The van der Waals surface area contributed by atoms with Gasteiger partial charge in [0.25, 0.3) is 5.56 Å². The summed E-state index contributed by atoms with van der Waals surface area (Å²) >= 11 is 1.18. The van der Waals surface area contributed by atoms with E-state index in [9.17, 15) is 14.0 Å². The molecule has 0 saturated heterocycles. The van der Waals surface area contributed by atoms with Gasteiger partial charge in [0.05, 0.1) is 21.8 Å². The normalized spacial score (nSPS) is 12.0. The Morgan fingerprint density at radius 2 is 1.82 bits per heavy atom. The first kappa shape index (κ1) is 22.7. The zero-order valence-corrected chi connectivity index (χ0v) is 19.2. The maximum Gasteiger partial charge on any atom is 0.266 e. The van der Waals surface area contributed by atoms with Crippen molar-refractivity contribution in [3.8, 4) is 5.69 Å². The Kier molecular flexibility index (Phi) is 6.89. The van der Waals surface area contributed by atoms with E-state index in [4.69, 9.17) is 0 Å². The molecule has 4 rings (SSSR count). The van der Waals surface area contributed by atoms with Crippen LogP contribution in [0.2, 0.25) is 0 Å². The monoisotopic (exact) mass is 461 g/mol. The lowest BCUT2D eigenvalue weighted by molar-refractivity contribution is -0.120. The molecule has 0 spiro atoms. The molecule has 3 aromatic carbocycles. The van der Waals surface area contributed by atoms with Gasteiger partial charge in [-0.05, 0) is 55.7 Å². The third-order valence-corrected chi connectivity index (χ3v) is 6.42. The average molecular weight is 462 g/mol. The third kappa shape index (κ3) is 5.14. The van der Waals surface area contributed by atoms with E-state index in [1.54, 1.807) is 50.2 Å². The summed E-state index contributed by atoms with van der Waals surface area (Å²) in [6.07, 6.45) is 0.728. The predicted molar refractivity (Wildman–Crippen MR) is 131 cm³/mol. The Balaban J connectivity index is 1.61. The van der Waals surface area contributed by atoms with E-state index >= 15 is 0 Å². The van der Waals surface area contributed by atoms with E-state index in [0.717, 1.165) is 12.0 Å². The van der Waals surface area contributed by atoms with Crippen LogP contribution in [0.4, 0.5) is 4.39 Å². The van der Waals surface area contributed by atoms with Crippen molar-refractivity contribution in [2.75, 3.05) is 6.54 Å². The Morgan fingerprint density at radius 3 is 2.58 bits per heavy atom. The highest BCUT2D eigenvalue weighted by Crippen LogP contribution is 2.26. The first-order valence-corrected chi connectivity index (χ1v) is 11.6. The fourth-order valence-electron chi connectivity index (χ4n) is 3.47. The second kappa shape index (κ2) is 10.0. The lowest BCUT2D eigenvalue weighted by Gasteiger charge is -2.17. The van der Waals surface area contributed by atoms with Crippen molar-refractivity contribution in [3.05, 3.63) is 100 Å². The van der Waals surface area contributed by atoms with Crippen LogP contribution in [-0.4, -0.2) is 27.3 Å². The SMILES string of the molecule is Cc1ccc(-n2c(SC(C)C(=O)NCCc3ccccc3)nc3ccccc3c2=O)cc1F. The van der Waals surface area contributed by atoms with E-state index < -0.39 is 11.1 Å². The standard InChI is InChI=1S/C26H24FN3O2S/c1-17-12-13-20(16-22(17)27)30-25(32)21-10-6-7-11-23(21)29-26(30)33-18(2)24(31)28-15-14-19-8-4-3-5-9-19/h3-13,16,18H,14-15H2,1-2H3,(H,28,31). The lowest BCUT2D eigenvalue weighted by Crippen LogP contribution is -2.33. The zero-order chi connectivity index (χ0) is 23.4. The zero-order valence-electron chi connectivity index (χ0n) is 18.4. The van der Waals surface area contributed by atoms with Gasteiger partial charge in [-0.1, -0.05) is 60.3 Å². The molecule has 1 aromatic heterocycles. The molecule has 1 N–H and O–H groups in total. The number of hydrogen-bond donors (Lipinski definition) is 1. The predicted octanol–water partition coefficient (Wildman–Crippen LogP) is 4.67. The highest BCUT2D eigenvalue weighted by Gasteiger charge is 2.20. The molecule has 1 atom stereocenters. The summed E-state index contributed by atoms with van der Waals surface area (Å²) in [5.74, 6) is -0.560. The Hall–Kier alpha value is -3.45. The summed E-state index contributed by atoms with van der Waals surface area (Å²) in [5, 5.41) is 3.21. The third-order valence-electron chi connectivity index (χ3n) is 5.37. The van der Waals surface area contributed by atoms with Gasteiger partial charge in [-0.15, -0.1) is 0 Å². The molecule has 0 fully saturated rings. The number of carbonyl (C=O) groups is 1. The Morgan fingerprint density at radius 1 is 1.09 bits per heavy atom. The fraction of sp³-hybridized carbons (Fsp3) is 0.192. The second-order valence-electron chi connectivity index (χ2n) is 7.77. The summed E-state index contributed by atoms with van der Waals surface area (Å²) in [7, 11) is 0. The number of rotatable bonds is 7. The number of nitrogens with zero attached hydrogens (tertiary/aromatic N) is 2. The van der Waals surface area contributed by atoms with Crippen molar-refractivity contribution in [3.63, 3.8) is 0 Å². The van der Waals surface area contributed by atoms with Crippen LogP contribution in [-0.2, 0) is 11.2 Å². The quantitative estimate of drug-likeness (QED) is 0.321. The summed E-state index contributed by atoms with van der Waals surface area (Å²) in [6.45, 7) is 3.94. The summed E-state index contributed by atoms with van der Waals surface area (Å²) in [4.78, 5) is 30.7. The Labute approximate surface area is 195 Å². The summed E-state index contributed by atoms with van der Waals surface area (Å²) in [6, 6.07) is 21.6. The molecule has 0 saturated carbocycles. The van der Waals surface area contributed by atoms with Crippen LogP contribution in [0.1, 0.15) is 18.1 Å². The number of amides is 1. The van der Waals surface area contributed by atoms with Crippen molar-refractivity contribution in [2.24, 2.45) is 0 Å². The highest BCUT2D eigenvalue weighted by atomic mass is 32.2. The van der Waals surface area contributed by atoms with Gasteiger partial charge in [-0.3, -0.25) is 14.2 Å². The molecule has 0 aliphatic carbocycles. The van der Waals surface area contributed by atoms with Gasteiger partial charge < -0.3 is 5.32 Å². The number of para-hydroxylation sites is 1. The van der Waals surface area contributed by atoms with E-state index in [2.05, 4.69) is 10.3 Å². The molecule has 0 bridgehead atoms. The molecule has 0 radical (unpaired) electrons. The molecule has 7 heteroatoms. The van der Waals surface area contributed by atoms with Crippen LogP contribution in [0.3, 0.4) is 0 Å². The minimum atomic E-state index is -0.504. The molecule has 1 amide bonds. The number of nitrogens with one attached hydrogen (secondary N) is 1. The van der Waals surface area contributed by atoms with E-state index in [1.807, 2.05) is 30.3 Å². The molecule has 1 heterocycles. The van der Waals surface area contributed by atoms with Gasteiger partial charge in [0.1, 0.15) is 5.82 Å². The van der Waals surface area contributed by atoms with Crippen LogP contribution < -0.4 is 10.9 Å². The molecule has 0 aliphatic heterocycles. The molecular weight excluding hydrogens is 437 g/mol. The first-order chi connectivity index (χ1) is 15.9. The molecular formula is C26H24FN3O2S.